The Bertz CT molecular complexity index is 763. The summed E-state index contributed by atoms with van der Waals surface area (Å²) in [6.45, 7) is 0.420. The van der Waals surface area contributed by atoms with Crippen molar-refractivity contribution in [2.45, 2.75) is 6.54 Å². The molecule has 1 aromatic heterocycles. The van der Waals surface area contributed by atoms with Crippen LogP contribution in [0.4, 0.5) is 14.5 Å². The van der Waals surface area contributed by atoms with Crippen LogP contribution in [0, 0.1) is 11.6 Å². The molecule has 0 aliphatic carbocycles. The van der Waals surface area contributed by atoms with E-state index >= 15 is 0 Å². The fourth-order valence-corrected chi connectivity index (χ4v) is 2.17. The van der Waals surface area contributed by atoms with Crippen molar-refractivity contribution < 1.29 is 8.78 Å². The van der Waals surface area contributed by atoms with Gasteiger partial charge in [-0.25, -0.2) is 8.78 Å². The molecular formula is C16H13F2N3. The second-order valence-corrected chi connectivity index (χ2v) is 4.77. The van der Waals surface area contributed by atoms with Crippen molar-refractivity contribution in [1.29, 1.82) is 0 Å². The molecule has 2 aromatic carbocycles. The predicted molar refractivity (Wildman–Crippen MR) is 77.5 cm³/mol. The van der Waals surface area contributed by atoms with Gasteiger partial charge in [0.25, 0.3) is 0 Å². The van der Waals surface area contributed by atoms with E-state index in [-0.39, 0.29) is 11.6 Å². The molecule has 0 aliphatic heterocycles. The maximum atomic E-state index is 13.2. The zero-order valence-electron chi connectivity index (χ0n) is 11.1. The lowest BCUT2D eigenvalue weighted by Crippen LogP contribution is -2.00. The molecule has 0 bridgehead atoms. The van der Waals surface area contributed by atoms with Crippen molar-refractivity contribution in [2.75, 3.05) is 5.73 Å². The third kappa shape index (κ3) is 2.91. The van der Waals surface area contributed by atoms with Gasteiger partial charge in [-0.2, -0.15) is 5.10 Å². The van der Waals surface area contributed by atoms with Crippen LogP contribution in [0.1, 0.15) is 5.56 Å². The minimum atomic E-state index is -0.309. The second-order valence-electron chi connectivity index (χ2n) is 4.77. The molecule has 0 amide bonds. The first-order valence-electron chi connectivity index (χ1n) is 6.45. The molecule has 0 aliphatic rings. The Labute approximate surface area is 120 Å². The molecule has 21 heavy (non-hydrogen) atoms. The molecule has 2 N–H and O–H groups in total. The maximum absolute atomic E-state index is 13.2. The summed E-state index contributed by atoms with van der Waals surface area (Å²) in [4.78, 5) is 0. The van der Waals surface area contributed by atoms with Gasteiger partial charge in [0.2, 0.25) is 0 Å². The van der Waals surface area contributed by atoms with Gasteiger partial charge >= 0.3 is 0 Å². The largest absolute Gasteiger partial charge is 0.396 e. The topological polar surface area (TPSA) is 43.8 Å². The predicted octanol–water partition coefficient (Wildman–Crippen LogP) is 3.46. The lowest BCUT2D eigenvalue weighted by atomic mass is 10.1. The molecule has 0 saturated heterocycles. The van der Waals surface area contributed by atoms with Gasteiger partial charge in [0.1, 0.15) is 17.3 Å². The summed E-state index contributed by atoms with van der Waals surface area (Å²) >= 11 is 0. The molecule has 3 nitrogen and oxygen atoms in total. The summed E-state index contributed by atoms with van der Waals surface area (Å²) in [6.07, 6.45) is 1.68. The Morgan fingerprint density at radius 1 is 1.00 bits per heavy atom. The zero-order chi connectivity index (χ0) is 14.8. The first-order valence-corrected chi connectivity index (χ1v) is 6.45. The van der Waals surface area contributed by atoms with Crippen molar-refractivity contribution in [3.63, 3.8) is 0 Å². The molecule has 0 fully saturated rings. The average molecular weight is 285 g/mol. The summed E-state index contributed by atoms with van der Waals surface area (Å²) in [7, 11) is 0. The van der Waals surface area contributed by atoms with E-state index in [1.165, 1.54) is 24.3 Å². The number of rotatable bonds is 3. The monoisotopic (exact) mass is 285 g/mol. The highest BCUT2D eigenvalue weighted by atomic mass is 19.1. The average Bonchev–Trinajstić information content (AvgIpc) is 2.80. The van der Waals surface area contributed by atoms with E-state index in [0.717, 1.165) is 11.1 Å². The molecular weight excluding hydrogens is 272 g/mol. The third-order valence-electron chi connectivity index (χ3n) is 3.14. The highest BCUT2D eigenvalue weighted by Crippen LogP contribution is 2.24. The Morgan fingerprint density at radius 2 is 1.76 bits per heavy atom. The fraction of sp³-hybridized carbons (Fsp3) is 0.0625. The first-order chi connectivity index (χ1) is 10.1. The van der Waals surface area contributed by atoms with Crippen LogP contribution in [0.25, 0.3) is 11.3 Å². The van der Waals surface area contributed by atoms with Gasteiger partial charge in [0, 0.05) is 11.8 Å². The maximum Gasteiger partial charge on any atom is 0.123 e. The smallest absolute Gasteiger partial charge is 0.123 e. The molecule has 5 heteroatoms. The molecule has 0 radical (unpaired) electrons. The van der Waals surface area contributed by atoms with E-state index in [1.54, 1.807) is 29.1 Å². The highest BCUT2D eigenvalue weighted by Gasteiger charge is 2.09. The van der Waals surface area contributed by atoms with Crippen molar-refractivity contribution >= 4 is 5.69 Å². The van der Waals surface area contributed by atoms with Gasteiger partial charge < -0.3 is 5.73 Å². The molecule has 106 valence electrons. The molecule has 3 rings (SSSR count). The second kappa shape index (κ2) is 5.36. The highest BCUT2D eigenvalue weighted by molar-refractivity contribution is 5.71. The number of nitrogens with two attached hydrogens (primary N) is 1. The van der Waals surface area contributed by atoms with Gasteiger partial charge in [-0.05, 0) is 42.0 Å². The van der Waals surface area contributed by atoms with Gasteiger partial charge in [-0.3, -0.25) is 4.68 Å². The van der Waals surface area contributed by atoms with Crippen LogP contribution < -0.4 is 5.73 Å². The summed E-state index contributed by atoms with van der Waals surface area (Å²) in [5.41, 5.74) is 8.57. The number of hydrogen-bond acceptors (Lipinski definition) is 2. The molecule has 0 unspecified atom stereocenters. The minimum Gasteiger partial charge on any atom is -0.396 e. The number of aromatic nitrogens is 2. The van der Waals surface area contributed by atoms with E-state index in [9.17, 15) is 8.78 Å². The molecule has 3 aromatic rings. The Hall–Kier alpha value is -2.69. The van der Waals surface area contributed by atoms with Crippen LogP contribution in [-0.4, -0.2) is 9.78 Å². The number of nitrogens with zero attached hydrogens (tertiary/aromatic N) is 2. The number of benzene rings is 2. The van der Waals surface area contributed by atoms with E-state index in [2.05, 4.69) is 5.10 Å². The first kappa shape index (κ1) is 13.3. The van der Waals surface area contributed by atoms with Crippen LogP contribution in [0.2, 0.25) is 0 Å². The van der Waals surface area contributed by atoms with Gasteiger partial charge in [-0.15, -0.1) is 0 Å². The molecule has 0 atom stereocenters. The summed E-state index contributed by atoms with van der Waals surface area (Å²) in [5, 5.41) is 4.38. The molecule has 1 heterocycles. The lowest BCUT2D eigenvalue weighted by molar-refractivity contribution is 0.619. The van der Waals surface area contributed by atoms with Crippen LogP contribution in [0.15, 0.2) is 54.7 Å². The van der Waals surface area contributed by atoms with Gasteiger partial charge in [0.15, 0.2) is 0 Å². The SMILES string of the molecule is Nc1cn(Cc2cccc(F)c2)nc1-c1ccc(F)cc1. The normalized spacial score (nSPS) is 10.8. The minimum absolute atomic E-state index is 0.286. The molecule has 0 spiro atoms. The van der Waals surface area contributed by atoms with Crippen molar-refractivity contribution in [1.82, 2.24) is 9.78 Å². The lowest BCUT2D eigenvalue weighted by Gasteiger charge is -2.02. The van der Waals surface area contributed by atoms with Crippen LogP contribution in [0.3, 0.4) is 0 Å². The Morgan fingerprint density at radius 3 is 2.48 bits per heavy atom. The Kier molecular flexibility index (Phi) is 3.39. The summed E-state index contributed by atoms with van der Waals surface area (Å²) in [5.74, 6) is -0.595. The van der Waals surface area contributed by atoms with E-state index in [4.69, 9.17) is 5.73 Å². The number of halogens is 2. The summed E-state index contributed by atoms with van der Waals surface area (Å²) < 4.78 is 27.8. The van der Waals surface area contributed by atoms with E-state index < -0.39 is 0 Å². The van der Waals surface area contributed by atoms with E-state index in [1.807, 2.05) is 6.07 Å². The van der Waals surface area contributed by atoms with E-state index in [0.29, 0.717) is 17.9 Å². The Balaban J connectivity index is 1.89. The standard InChI is InChI=1S/C16H13F2N3/c17-13-6-4-12(5-7-13)16-15(19)10-21(20-16)9-11-2-1-3-14(18)8-11/h1-8,10H,9,19H2. The van der Waals surface area contributed by atoms with Crippen molar-refractivity contribution in [2.24, 2.45) is 0 Å². The third-order valence-corrected chi connectivity index (χ3v) is 3.14. The number of hydrogen-bond donors (Lipinski definition) is 1. The van der Waals surface area contributed by atoms with Crippen molar-refractivity contribution in [3.8, 4) is 11.3 Å². The quantitative estimate of drug-likeness (QED) is 0.801. The zero-order valence-corrected chi connectivity index (χ0v) is 11.1. The summed E-state index contributed by atoms with van der Waals surface area (Å²) in [6, 6.07) is 12.3. The number of nitrogen functional groups attached to an aromatic ring is 1. The van der Waals surface area contributed by atoms with Crippen LogP contribution in [0.5, 0.6) is 0 Å². The molecule has 0 saturated carbocycles. The fourth-order valence-electron chi connectivity index (χ4n) is 2.17. The van der Waals surface area contributed by atoms with Crippen LogP contribution >= 0.6 is 0 Å². The van der Waals surface area contributed by atoms with Crippen molar-refractivity contribution in [3.05, 3.63) is 71.9 Å². The van der Waals surface area contributed by atoms with Gasteiger partial charge in [-0.1, -0.05) is 12.1 Å². The van der Waals surface area contributed by atoms with Crippen LogP contribution in [-0.2, 0) is 6.54 Å². The number of anilines is 1. The van der Waals surface area contributed by atoms with Gasteiger partial charge in [0.05, 0.1) is 12.2 Å².